The van der Waals surface area contributed by atoms with E-state index in [1.165, 1.54) is 18.2 Å². The Kier molecular flexibility index (Phi) is 5.45. The van der Waals surface area contributed by atoms with Crippen molar-refractivity contribution >= 4 is 11.6 Å². The van der Waals surface area contributed by atoms with Gasteiger partial charge in [-0.3, -0.25) is 15.6 Å². The lowest BCUT2D eigenvalue weighted by atomic mass is 9.91. The van der Waals surface area contributed by atoms with E-state index >= 15 is 0 Å². The van der Waals surface area contributed by atoms with Crippen LogP contribution in [0.1, 0.15) is 22.6 Å². The molecule has 0 atom stereocenters. The zero-order chi connectivity index (χ0) is 19.3. The number of benzene rings is 3. The molecule has 0 aliphatic heterocycles. The molecule has 0 unspecified atom stereocenters. The molecule has 3 aromatic rings. The van der Waals surface area contributed by atoms with Gasteiger partial charge in [0.15, 0.2) is 0 Å². The standard InChI is InChI=1S/C21H17F3N2O/c22-21(23,24)17-13-7-8-14-18(17)25-26-20(27)19(15-9-3-1-4-10-15)16-11-5-2-6-12-16/h1-14,19,25H,(H,26,27). The van der Waals surface area contributed by atoms with Crippen molar-refractivity contribution in [3.8, 4) is 0 Å². The fourth-order valence-electron chi connectivity index (χ4n) is 2.83. The molecule has 3 nitrogen and oxygen atoms in total. The first kappa shape index (κ1) is 18.5. The summed E-state index contributed by atoms with van der Waals surface area (Å²) >= 11 is 0. The number of para-hydroxylation sites is 1. The van der Waals surface area contributed by atoms with Crippen LogP contribution in [0.4, 0.5) is 18.9 Å². The van der Waals surface area contributed by atoms with Gasteiger partial charge in [0, 0.05) is 0 Å². The quantitative estimate of drug-likeness (QED) is 0.622. The number of hydrazine groups is 1. The molecule has 2 N–H and O–H groups in total. The van der Waals surface area contributed by atoms with Crippen molar-refractivity contribution < 1.29 is 18.0 Å². The molecular weight excluding hydrogens is 353 g/mol. The number of rotatable bonds is 5. The van der Waals surface area contributed by atoms with Crippen LogP contribution in [-0.2, 0) is 11.0 Å². The van der Waals surface area contributed by atoms with Crippen molar-refractivity contribution in [3.63, 3.8) is 0 Å². The number of nitrogens with one attached hydrogen (secondary N) is 2. The number of carbonyl (C=O) groups excluding carboxylic acids is 1. The van der Waals surface area contributed by atoms with Gasteiger partial charge >= 0.3 is 6.18 Å². The third kappa shape index (κ3) is 4.47. The molecular formula is C21H17F3N2O. The van der Waals surface area contributed by atoms with E-state index < -0.39 is 23.6 Å². The maximum Gasteiger partial charge on any atom is 0.418 e. The van der Waals surface area contributed by atoms with Gasteiger partial charge in [0.05, 0.1) is 17.2 Å². The smallest absolute Gasteiger partial charge is 0.298 e. The normalized spacial score (nSPS) is 11.3. The van der Waals surface area contributed by atoms with Gasteiger partial charge in [-0.25, -0.2) is 0 Å². The largest absolute Gasteiger partial charge is 0.418 e. The fourth-order valence-corrected chi connectivity index (χ4v) is 2.83. The number of halogens is 3. The lowest BCUT2D eigenvalue weighted by molar-refractivity contribution is -0.137. The van der Waals surface area contributed by atoms with Crippen molar-refractivity contribution in [2.75, 3.05) is 5.43 Å². The summed E-state index contributed by atoms with van der Waals surface area (Å²) in [7, 11) is 0. The maximum atomic E-state index is 13.1. The van der Waals surface area contributed by atoms with E-state index in [2.05, 4.69) is 10.9 Å². The van der Waals surface area contributed by atoms with Crippen LogP contribution in [0.5, 0.6) is 0 Å². The summed E-state index contributed by atoms with van der Waals surface area (Å²) in [5.74, 6) is -1.11. The Bertz CT molecular complexity index is 857. The first-order valence-electron chi connectivity index (χ1n) is 8.29. The van der Waals surface area contributed by atoms with E-state index in [-0.39, 0.29) is 5.69 Å². The van der Waals surface area contributed by atoms with Crippen molar-refractivity contribution in [3.05, 3.63) is 102 Å². The van der Waals surface area contributed by atoms with Gasteiger partial charge in [-0.15, -0.1) is 0 Å². The van der Waals surface area contributed by atoms with E-state index in [0.29, 0.717) is 0 Å². The van der Waals surface area contributed by atoms with Crippen LogP contribution in [0.3, 0.4) is 0 Å². The van der Waals surface area contributed by atoms with E-state index in [4.69, 9.17) is 0 Å². The SMILES string of the molecule is O=C(NNc1ccccc1C(F)(F)F)C(c1ccccc1)c1ccccc1. The Morgan fingerprint density at radius 1 is 0.741 bits per heavy atom. The average Bonchev–Trinajstić information content (AvgIpc) is 2.68. The Labute approximate surface area is 154 Å². The predicted octanol–water partition coefficient (Wildman–Crippen LogP) is 4.98. The Morgan fingerprint density at radius 2 is 1.22 bits per heavy atom. The number of hydrogen-bond donors (Lipinski definition) is 2. The van der Waals surface area contributed by atoms with Crippen LogP contribution in [0.25, 0.3) is 0 Å². The molecule has 0 heterocycles. The van der Waals surface area contributed by atoms with Crippen molar-refractivity contribution in [1.29, 1.82) is 0 Å². The fraction of sp³-hybridized carbons (Fsp3) is 0.0952. The summed E-state index contributed by atoms with van der Waals surface area (Å²) in [5.41, 5.74) is 5.27. The average molecular weight is 370 g/mol. The Balaban J connectivity index is 1.85. The first-order valence-corrected chi connectivity index (χ1v) is 8.29. The molecule has 27 heavy (non-hydrogen) atoms. The number of amides is 1. The predicted molar refractivity (Wildman–Crippen MR) is 97.9 cm³/mol. The highest BCUT2D eigenvalue weighted by Crippen LogP contribution is 2.34. The summed E-state index contributed by atoms with van der Waals surface area (Å²) in [4.78, 5) is 12.8. The molecule has 138 valence electrons. The summed E-state index contributed by atoms with van der Waals surface area (Å²) in [5, 5.41) is 0. The molecule has 3 rings (SSSR count). The van der Waals surface area contributed by atoms with Gasteiger partial charge in [0.1, 0.15) is 0 Å². The second-order valence-electron chi connectivity index (χ2n) is 5.91. The maximum absolute atomic E-state index is 13.1. The molecule has 3 aromatic carbocycles. The Hall–Kier alpha value is -3.28. The minimum Gasteiger partial charge on any atom is -0.298 e. The topological polar surface area (TPSA) is 41.1 Å². The molecule has 6 heteroatoms. The lowest BCUT2D eigenvalue weighted by Crippen LogP contribution is -2.35. The van der Waals surface area contributed by atoms with E-state index in [9.17, 15) is 18.0 Å². The van der Waals surface area contributed by atoms with E-state index in [1.54, 1.807) is 24.3 Å². The highest BCUT2D eigenvalue weighted by Gasteiger charge is 2.33. The first-order chi connectivity index (χ1) is 13.0. The minimum absolute atomic E-state index is 0.210. The van der Waals surface area contributed by atoms with Crippen LogP contribution in [0.15, 0.2) is 84.9 Å². The van der Waals surface area contributed by atoms with Gasteiger partial charge < -0.3 is 0 Å². The summed E-state index contributed by atoms with van der Waals surface area (Å²) in [6.07, 6.45) is -4.52. The number of hydrogen-bond acceptors (Lipinski definition) is 2. The zero-order valence-corrected chi connectivity index (χ0v) is 14.2. The van der Waals surface area contributed by atoms with E-state index in [0.717, 1.165) is 17.2 Å². The molecule has 1 amide bonds. The highest BCUT2D eigenvalue weighted by atomic mass is 19.4. The zero-order valence-electron chi connectivity index (χ0n) is 14.2. The second-order valence-corrected chi connectivity index (χ2v) is 5.91. The minimum atomic E-state index is -4.52. The highest BCUT2D eigenvalue weighted by molar-refractivity contribution is 5.88. The lowest BCUT2D eigenvalue weighted by Gasteiger charge is -2.20. The van der Waals surface area contributed by atoms with Gasteiger partial charge in [-0.05, 0) is 23.3 Å². The van der Waals surface area contributed by atoms with Gasteiger partial charge in [0.25, 0.3) is 0 Å². The van der Waals surface area contributed by atoms with E-state index in [1.807, 2.05) is 36.4 Å². The van der Waals surface area contributed by atoms with Crippen LogP contribution >= 0.6 is 0 Å². The molecule has 0 radical (unpaired) electrons. The number of carbonyl (C=O) groups is 1. The van der Waals surface area contributed by atoms with Gasteiger partial charge in [-0.1, -0.05) is 72.8 Å². The van der Waals surface area contributed by atoms with Gasteiger partial charge in [0.2, 0.25) is 5.91 Å². The molecule has 0 aliphatic carbocycles. The monoisotopic (exact) mass is 370 g/mol. The van der Waals surface area contributed by atoms with Crippen molar-refractivity contribution in [2.45, 2.75) is 12.1 Å². The number of alkyl halides is 3. The van der Waals surface area contributed by atoms with Crippen molar-refractivity contribution in [2.24, 2.45) is 0 Å². The van der Waals surface area contributed by atoms with Crippen LogP contribution < -0.4 is 10.9 Å². The van der Waals surface area contributed by atoms with Crippen LogP contribution in [0.2, 0.25) is 0 Å². The molecule has 0 spiro atoms. The van der Waals surface area contributed by atoms with Gasteiger partial charge in [-0.2, -0.15) is 13.2 Å². The molecule has 0 aromatic heterocycles. The molecule has 0 fully saturated rings. The summed E-state index contributed by atoms with van der Waals surface area (Å²) < 4.78 is 39.3. The van der Waals surface area contributed by atoms with Crippen LogP contribution in [-0.4, -0.2) is 5.91 Å². The summed E-state index contributed by atoms with van der Waals surface area (Å²) in [6, 6.07) is 23.1. The van der Waals surface area contributed by atoms with Crippen LogP contribution in [0, 0.1) is 0 Å². The number of anilines is 1. The third-order valence-corrected chi connectivity index (χ3v) is 4.08. The summed E-state index contributed by atoms with van der Waals surface area (Å²) in [6.45, 7) is 0. The molecule has 0 aliphatic rings. The third-order valence-electron chi connectivity index (χ3n) is 4.08. The second kappa shape index (κ2) is 7.95. The molecule has 0 bridgehead atoms. The van der Waals surface area contributed by atoms with Crippen molar-refractivity contribution in [1.82, 2.24) is 5.43 Å². The Morgan fingerprint density at radius 3 is 1.74 bits per heavy atom. The molecule has 0 saturated carbocycles. The molecule has 0 saturated heterocycles.